The molecule has 0 bridgehead atoms. The topological polar surface area (TPSA) is 280 Å². The lowest BCUT2D eigenvalue weighted by molar-refractivity contribution is -0.910. The van der Waals surface area contributed by atoms with Gasteiger partial charge in [0, 0.05) is 51.7 Å². The van der Waals surface area contributed by atoms with E-state index in [-0.39, 0.29) is 78.9 Å². The number of hydrogen-bond acceptors (Lipinski definition) is 18. The SMILES string of the molecule is CCCCCCCCCC[N+](C)(CCCCCCCCCC)CCC[Si](OCCN(CCO)C(CO)C(O)CO)(OCCN(CCO)C(CO)(CO)CO)OCCN(CCO)C(CO)(CO)CO. The summed E-state index contributed by atoms with van der Waals surface area (Å²) < 4.78 is 21.1. The van der Waals surface area contributed by atoms with Crippen LogP contribution < -0.4 is 0 Å². The van der Waals surface area contributed by atoms with Crippen LogP contribution in [0.5, 0.6) is 0 Å². The van der Waals surface area contributed by atoms with E-state index < -0.39 is 84.9 Å². The minimum absolute atomic E-state index is 0.00214. The summed E-state index contributed by atoms with van der Waals surface area (Å²) >= 11 is 0. The van der Waals surface area contributed by atoms with Crippen LogP contribution in [-0.4, -0.2) is 271 Å². The molecule has 2 atom stereocenters. The summed E-state index contributed by atoms with van der Waals surface area (Å²) in [6.07, 6.45) is 18.9. The van der Waals surface area contributed by atoms with E-state index in [0.717, 1.165) is 49.8 Å². The minimum atomic E-state index is -3.87. The van der Waals surface area contributed by atoms with E-state index in [4.69, 9.17) is 13.3 Å². The predicted molar refractivity (Wildman–Crippen MR) is 267 cm³/mol. The van der Waals surface area contributed by atoms with Crippen molar-refractivity contribution in [2.24, 2.45) is 0 Å². The van der Waals surface area contributed by atoms with Crippen LogP contribution in [0, 0.1) is 0 Å². The first-order valence-electron chi connectivity index (χ1n) is 26.3. The summed E-state index contributed by atoms with van der Waals surface area (Å²) in [6, 6.07) is -0.583. The van der Waals surface area contributed by atoms with Crippen molar-refractivity contribution in [3.05, 3.63) is 0 Å². The van der Waals surface area contributed by atoms with E-state index in [9.17, 15) is 61.3 Å². The Morgan fingerprint density at radius 3 is 1.13 bits per heavy atom. The van der Waals surface area contributed by atoms with E-state index in [1.807, 2.05) is 0 Å². The second-order valence-corrected chi connectivity index (χ2v) is 21.9. The number of rotatable bonds is 52. The molecular formula is C48H105N4O15Si+. The van der Waals surface area contributed by atoms with E-state index >= 15 is 0 Å². The fourth-order valence-electron chi connectivity index (χ4n) is 9.04. The van der Waals surface area contributed by atoms with E-state index in [0.29, 0.717) is 12.5 Å². The fourth-order valence-corrected chi connectivity index (χ4v) is 11.5. The summed E-state index contributed by atoms with van der Waals surface area (Å²) in [5, 5.41) is 122. The molecule has 0 radical (unpaired) electrons. The lowest BCUT2D eigenvalue weighted by Gasteiger charge is -2.41. The zero-order valence-electron chi connectivity index (χ0n) is 43.0. The molecule has 0 aromatic carbocycles. The van der Waals surface area contributed by atoms with Crippen molar-refractivity contribution in [1.29, 1.82) is 0 Å². The van der Waals surface area contributed by atoms with Gasteiger partial charge in [0.15, 0.2) is 0 Å². The molecule has 0 spiro atoms. The molecule has 0 aliphatic heterocycles. The highest BCUT2D eigenvalue weighted by Crippen LogP contribution is 2.24. The van der Waals surface area contributed by atoms with Gasteiger partial charge in [0.1, 0.15) is 0 Å². The molecule has 0 rings (SSSR count). The van der Waals surface area contributed by atoms with Gasteiger partial charge in [-0.15, -0.1) is 0 Å². The largest absolute Gasteiger partial charge is 0.501 e. The standard InChI is InChI=1S/C48H105N4O15Si/c1-4-6-8-10-12-14-16-18-27-52(3,28-19-17-15-13-11-9-7-5-2)29-20-36-68(65-33-24-49(21-30-53)45(37-56)46(64)38-57,66-34-25-50(22-31-54)47(39-58,40-59)41-60)67-35-26-51(23-32-55)48(42-61,43-62)44-63/h45-46,53-64H,4-44H2,1-3H3/q+1. The highest BCUT2D eigenvalue weighted by molar-refractivity contribution is 6.60. The number of hydrogen-bond donors (Lipinski definition) is 12. The minimum Gasteiger partial charge on any atom is -0.395 e. The van der Waals surface area contributed by atoms with Crippen LogP contribution in [-0.2, 0) is 13.3 Å². The Morgan fingerprint density at radius 1 is 0.441 bits per heavy atom. The zero-order chi connectivity index (χ0) is 51.0. The maximum absolute atomic E-state index is 10.5. The van der Waals surface area contributed by atoms with Gasteiger partial charge >= 0.3 is 8.80 Å². The van der Waals surface area contributed by atoms with Gasteiger partial charge in [0.25, 0.3) is 0 Å². The van der Waals surface area contributed by atoms with Crippen molar-refractivity contribution in [2.75, 3.05) is 158 Å². The molecule has 19 nitrogen and oxygen atoms in total. The number of unbranched alkanes of at least 4 members (excludes halogenated alkanes) is 14. The molecule has 0 saturated carbocycles. The Labute approximate surface area is 412 Å². The number of nitrogens with zero attached hydrogens (tertiary/aromatic N) is 4. The van der Waals surface area contributed by atoms with Crippen LogP contribution in [0.1, 0.15) is 123 Å². The second kappa shape index (κ2) is 41.9. The lowest BCUT2D eigenvalue weighted by Crippen LogP contribution is -2.60. The van der Waals surface area contributed by atoms with Crippen LogP contribution >= 0.6 is 0 Å². The van der Waals surface area contributed by atoms with Crippen molar-refractivity contribution >= 4 is 8.80 Å². The zero-order valence-corrected chi connectivity index (χ0v) is 44.0. The Morgan fingerprint density at radius 2 is 0.794 bits per heavy atom. The molecule has 0 heterocycles. The van der Waals surface area contributed by atoms with Crippen molar-refractivity contribution in [2.45, 2.75) is 152 Å². The molecule has 0 fully saturated rings. The van der Waals surface area contributed by atoms with Gasteiger partial charge in [-0.1, -0.05) is 90.9 Å². The molecule has 0 aromatic rings. The van der Waals surface area contributed by atoms with Gasteiger partial charge in [-0.25, -0.2) is 0 Å². The Hall–Kier alpha value is -0.543. The maximum Gasteiger partial charge on any atom is 0.501 e. The first-order valence-corrected chi connectivity index (χ1v) is 28.2. The van der Waals surface area contributed by atoms with Crippen molar-refractivity contribution in [3.63, 3.8) is 0 Å². The third-order valence-corrected chi connectivity index (χ3v) is 16.8. The molecule has 410 valence electrons. The normalized spacial score (nSPS) is 14.0. The molecule has 0 saturated heterocycles. The highest BCUT2D eigenvalue weighted by atomic mass is 28.4. The summed E-state index contributed by atoms with van der Waals surface area (Å²) in [5.74, 6) is 0. The van der Waals surface area contributed by atoms with Crippen LogP contribution in [0.15, 0.2) is 0 Å². The molecule has 2 unspecified atom stereocenters. The van der Waals surface area contributed by atoms with Crippen molar-refractivity contribution in [1.82, 2.24) is 14.7 Å². The summed E-state index contributed by atoms with van der Waals surface area (Å²) in [6.45, 7) is 1.64. The molecule has 0 aliphatic rings. The van der Waals surface area contributed by atoms with Gasteiger partial charge < -0.3 is 79.0 Å². The highest BCUT2D eigenvalue weighted by Gasteiger charge is 2.44. The lowest BCUT2D eigenvalue weighted by atomic mass is 10.0. The average Bonchev–Trinajstić information content (AvgIpc) is 3.34. The molecular weight excluding hydrogens is 901 g/mol. The number of β-amino-alcohol motifs (C(OH)–C–C–N with tert-alkyl or cyclic N) is 2. The molecule has 0 aliphatic carbocycles. The summed E-state index contributed by atoms with van der Waals surface area (Å²) in [4.78, 5) is 4.73. The molecule has 20 heteroatoms. The predicted octanol–water partition coefficient (Wildman–Crippen LogP) is 0.122. The average molecular weight is 1010 g/mol. The van der Waals surface area contributed by atoms with Gasteiger partial charge in [-0.3, -0.25) is 14.7 Å². The third-order valence-electron chi connectivity index (χ3n) is 13.9. The monoisotopic (exact) mass is 1010 g/mol. The Kier molecular flexibility index (Phi) is 41.5. The Balaban J connectivity index is 7.01. The van der Waals surface area contributed by atoms with Crippen LogP contribution in [0.25, 0.3) is 0 Å². The van der Waals surface area contributed by atoms with Gasteiger partial charge in [0.2, 0.25) is 0 Å². The third kappa shape index (κ3) is 26.4. The summed E-state index contributed by atoms with van der Waals surface area (Å²) in [5.41, 5.74) is -2.93. The first kappa shape index (κ1) is 67.5. The van der Waals surface area contributed by atoms with Gasteiger partial charge in [-0.2, -0.15) is 0 Å². The Bertz CT molecular complexity index is 1050. The van der Waals surface area contributed by atoms with E-state index in [1.54, 1.807) is 14.7 Å². The van der Waals surface area contributed by atoms with Crippen molar-refractivity contribution in [3.8, 4) is 0 Å². The van der Waals surface area contributed by atoms with Crippen molar-refractivity contribution < 1.29 is 79.0 Å². The maximum atomic E-state index is 10.5. The second-order valence-electron chi connectivity index (χ2n) is 19.2. The van der Waals surface area contributed by atoms with E-state index in [1.165, 1.54) is 77.0 Å². The van der Waals surface area contributed by atoms with Crippen LogP contribution in [0.3, 0.4) is 0 Å². The number of aliphatic hydroxyl groups excluding tert-OH is 12. The van der Waals surface area contributed by atoms with Crippen LogP contribution in [0.2, 0.25) is 6.04 Å². The fraction of sp³-hybridized carbons (Fsp3) is 1.00. The van der Waals surface area contributed by atoms with E-state index in [2.05, 4.69) is 20.9 Å². The molecule has 0 amide bonds. The first-order chi connectivity index (χ1) is 32.9. The smallest absolute Gasteiger partial charge is 0.395 e. The number of aliphatic hydroxyl groups is 12. The van der Waals surface area contributed by atoms with Gasteiger partial charge in [0.05, 0.1) is 142 Å². The summed E-state index contributed by atoms with van der Waals surface area (Å²) in [7, 11) is -1.55. The quantitative estimate of drug-likeness (QED) is 0.0219. The van der Waals surface area contributed by atoms with Gasteiger partial charge in [-0.05, 0) is 25.7 Å². The molecule has 68 heavy (non-hydrogen) atoms. The number of quaternary nitrogens is 1. The molecule has 12 N–H and O–H groups in total. The molecule has 0 aromatic heterocycles. The van der Waals surface area contributed by atoms with Crippen LogP contribution in [0.4, 0.5) is 0 Å².